The van der Waals surface area contributed by atoms with Gasteiger partial charge in [0.1, 0.15) is 5.82 Å². The molecule has 0 aliphatic heterocycles. The second-order valence-corrected chi connectivity index (χ2v) is 6.12. The summed E-state index contributed by atoms with van der Waals surface area (Å²) in [5.41, 5.74) is 3.06. The monoisotopic (exact) mass is 383 g/mol. The van der Waals surface area contributed by atoms with Crippen LogP contribution in [0.1, 0.15) is 12.5 Å². The molecule has 0 fully saturated rings. The lowest BCUT2D eigenvalue weighted by molar-refractivity contribution is 1.05. The highest BCUT2D eigenvalue weighted by molar-refractivity contribution is 9.10. The number of hydrogen-bond acceptors (Lipinski definition) is 5. The van der Waals surface area contributed by atoms with E-state index in [4.69, 9.17) is 0 Å². The molecular formula is C18H18BrN5. The van der Waals surface area contributed by atoms with E-state index in [0.29, 0.717) is 12.5 Å². The Morgan fingerprint density at radius 3 is 2.42 bits per heavy atom. The van der Waals surface area contributed by atoms with Gasteiger partial charge in [-0.15, -0.1) is 0 Å². The quantitative estimate of drug-likeness (QED) is 0.662. The van der Waals surface area contributed by atoms with Crippen LogP contribution in [-0.4, -0.2) is 21.5 Å². The number of anilines is 2. The summed E-state index contributed by atoms with van der Waals surface area (Å²) in [5.74, 6) is 1.40. The van der Waals surface area contributed by atoms with Gasteiger partial charge in [-0.25, -0.2) is 4.98 Å². The Bertz CT molecular complexity index is 790. The predicted molar refractivity (Wildman–Crippen MR) is 101 cm³/mol. The topological polar surface area (TPSA) is 62.7 Å². The number of hydrogen-bond donors (Lipinski definition) is 2. The molecule has 0 aliphatic rings. The third-order valence-electron chi connectivity index (χ3n) is 3.42. The van der Waals surface area contributed by atoms with Crippen LogP contribution in [0.25, 0.3) is 11.3 Å². The van der Waals surface area contributed by atoms with Crippen LogP contribution in [0.5, 0.6) is 0 Å². The number of rotatable bonds is 6. The van der Waals surface area contributed by atoms with Crippen molar-refractivity contribution in [3.63, 3.8) is 0 Å². The van der Waals surface area contributed by atoms with Crippen LogP contribution in [0.15, 0.2) is 59.3 Å². The molecule has 0 radical (unpaired) electrons. The number of aromatic nitrogens is 3. The van der Waals surface area contributed by atoms with E-state index >= 15 is 0 Å². The number of nitrogens with zero attached hydrogens (tertiary/aromatic N) is 3. The van der Waals surface area contributed by atoms with Crippen LogP contribution in [-0.2, 0) is 6.54 Å². The molecule has 1 aromatic carbocycles. The second kappa shape index (κ2) is 7.88. The molecule has 5 nitrogen and oxygen atoms in total. The summed E-state index contributed by atoms with van der Waals surface area (Å²) < 4.78 is 1.07. The van der Waals surface area contributed by atoms with Crippen molar-refractivity contribution in [2.75, 3.05) is 17.2 Å². The summed E-state index contributed by atoms with van der Waals surface area (Å²) in [6.45, 7) is 3.50. The largest absolute Gasteiger partial charge is 0.366 e. The summed E-state index contributed by atoms with van der Waals surface area (Å²) in [6, 6.07) is 14.1. The Labute approximate surface area is 149 Å². The maximum Gasteiger partial charge on any atom is 0.225 e. The Kier molecular flexibility index (Phi) is 5.38. The molecule has 0 saturated carbocycles. The van der Waals surface area contributed by atoms with Crippen molar-refractivity contribution in [3.05, 3.63) is 64.9 Å². The van der Waals surface area contributed by atoms with Crippen molar-refractivity contribution < 1.29 is 0 Å². The third kappa shape index (κ3) is 4.29. The fraction of sp³-hybridized carbons (Fsp3) is 0.167. The summed E-state index contributed by atoms with van der Waals surface area (Å²) in [7, 11) is 0. The lowest BCUT2D eigenvalue weighted by Gasteiger charge is -2.11. The lowest BCUT2D eigenvalue weighted by atomic mass is 10.2. The van der Waals surface area contributed by atoms with Crippen LogP contribution in [0.4, 0.5) is 11.8 Å². The first kappa shape index (κ1) is 16.4. The van der Waals surface area contributed by atoms with Crippen LogP contribution >= 0.6 is 15.9 Å². The van der Waals surface area contributed by atoms with Gasteiger partial charge in [-0.3, -0.25) is 4.98 Å². The molecule has 3 aromatic rings. The Hall–Kier alpha value is -2.47. The highest BCUT2D eigenvalue weighted by Gasteiger charge is 2.06. The summed E-state index contributed by atoms with van der Waals surface area (Å²) in [5, 5.41) is 6.55. The Balaban J connectivity index is 1.83. The summed E-state index contributed by atoms with van der Waals surface area (Å²) in [6.07, 6.45) is 3.53. The van der Waals surface area contributed by atoms with Crippen LogP contribution in [0.3, 0.4) is 0 Å². The van der Waals surface area contributed by atoms with Crippen molar-refractivity contribution in [1.29, 1.82) is 0 Å². The van der Waals surface area contributed by atoms with Gasteiger partial charge in [0.05, 0.1) is 5.69 Å². The van der Waals surface area contributed by atoms with Crippen LogP contribution in [0.2, 0.25) is 0 Å². The maximum absolute atomic E-state index is 4.56. The Morgan fingerprint density at radius 1 is 0.958 bits per heavy atom. The number of halogens is 1. The minimum absolute atomic E-state index is 0.616. The second-order valence-electron chi connectivity index (χ2n) is 5.21. The van der Waals surface area contributed by atoms with E-state index in [1.54, 1.807) is 12.4 Å². The molecule has 2 aromatic heterocycles. The van der Waals surface area contributed by atoms with Crippen molar-refractivity contribution in [2.45, 2.75) is 13.5 Å². The first-order valence-electron chi connectivity index (χ1n) is 7.76. The lowest BCUT2D eigenvalue weighted by Crippen LogP contribution is -2.07. The number of pyridine rings is 1. The summed E-state index contributed by atoms with van der Waals surface area (Å²) in [4.78, 5) is 13.1. The van der Waals surface area contributed by atoms with Crippen molar-refractivity contribution in [3.8, 4) is 11.3 Å². The molecule has 3 rings (SSSR count). The fourth-order valence-corrected chi connectivity index (χ4v) is 2.50. The molecule has 6 heteroatoms. The van der Waals surface area contributed by atoms with E-state index in [-0.39, 0.29) is 0 Å². The number of benzene rings is 1. The van der Waals surface area contributed by atoms with Crippen LogP contribution < -0.4 is 10.6 Å². The zero-order chi connectivity index (χ0) is 16.8. The van der Waals surface area contributed by atoms with E-state index in [1.165, 1.54) is 5.56 Å². The molecule has 0 atom stereocenters. The zero-order valence-corrected chi connectivity index (χ0v) is 14.9. The SMILES string of the molecule is CCNc1nc(NCc2ccc(Br)cc2)cc(-c2ccncc2)n1. The van der Waals surface area contributed by atoms with Gasteiger partial charge >= 0.3 is 0 Å². The maximum atomic E-state index is 4.56. The van der Waals surface area contributed by atoms with Crippen LogP contribution in [0, 0.1) is 0 Å². The molecular weight excluding hydrogens is 366 g/mol. The highest BCUT2D eigenvalue weighted by atomic mass is 79.9. The van der Waals surface area contributed by atoms with Crippen molar-refractivity contribution in [2.24, 2.45) is 0 Å². The Morgan fingerprint density at radius 2 is 1.71 bits per heavy atom. The molecule has 0 aliphatic carbocycles. The van der Waals surface area contributed by atoms with E-state index in [2.05, 4.69) is 53.6 Å². The molecule has 0 unspecified atom stereocenters. The fourth-order valence-electron chi connectivity index (χ4n) is 2.24. The van der Waals surface area contributed by atoms with E-state index in [9.17, 15) is 0 Å². The molecule has 0 amide bonds. The summed E-state index contributed by atoms with van der Waals surface area (Å²) >= 11 is 3.45. The van der Waals surface area contributed by atoms with E-state index in [0.717, 1.165) is 28.1 Å². The highest BCUT2D eigenvalue weighted by Crippen LogP contribution is 2.21. The molecule has 0 bridgehead atoms. The predicted octanol–water partition coefficient (Wildman–Crippen LogP) is 4.35. The normalized spacial score (nSPS) is 10.4. The molecule has 2 heterocycles. The van der Waals surface area contributed by atoms with Gasteiger partial charge in [-0.2, -0.15) is 4.98 Å². The van der Waals surface area contributed by atoms with Gasteiger partial charge in [0, 0.05) is 41.6 Å². The molecule has 122 valence electrons. The van der Waals surface area contributed by atoms with Gasteiger partial charge in [-0.1, -0.05) is 28.1 Å². The van der Waals surface area contributed by atoms with Gasteiger partial charge in [0.15, 0.2) is 0 Å². The smallest absolute Gasteiger partial charge is 0.225 e. The van der Waals surface area contributed by atoms with Gasteiger partial charge in [0.2, 0.25) is 5.95 Å². The van der Waals surface area contributed by atoms with Gasteiger partial charge in [-0.05, 0) is 36.8 Å². The molecule has 24 heavy (non-hydrogen) atoms. The van der Waals surface area contributed by atoms with Crippen molar-refractivity contribution >= 4 is 27.7 Å². The third-order valence-corrected chi connectivity index (χ3v) is 3.95. The van der Waals surface area contributed by atoms with E-state index in [1.807, 2.05) is 37.3 Å². The first-order chi connectivity index (χ1) is 11.7. The standard InChI is InChI=1S/C18H18BrN5/c1-2-21-18-23-16(14-7-9-20-10-8-14)11-17(24-18)22-12-13-3-5-15(19)6-4-13/h3-11H,2,12H2,1H3,(H2,21,22,23,24). The van der Waals surface area contributed by atoms with E-state index < -0.39 is 0 Å². The molecule has 0 saturated heterocycles. The number of nitrogens with one attached hydrogen (secondary N) is 2. The van der Waals surface area contributed by atoms with Gasteiger partial charge in [0.25, 0.3) is 0 Å². The minimum atomic E-state index is 0.616. The minimum Gasteiger partial charge on any atom is -0.366 e. The van der Waals surface area contributed by atoms with Gasteiger partial charge < -0.3 is 10.6 Å². The van der Waals surface area contributed by atoms with Crippen molar-refractivity contribution in [1.82, 2.24) is 15.0 Å². The molecule has 2 N–H and O–H groups in total. The molecule has 0 spiro atoms. The first-order valence-corrected chi connectivity index (χ1v) is 8.55. The average Bonchev–Trinajstić information content (AvgIpc) is 2.62. The zero-order valence-electron chi connectivity index (χ0n) is 13.3. The average molecular weight is 384 g/mol.